The molecule has 0 spiro atoms. The number of carbonyl (C=O) groups is 1. The maximum Gasteiger partial charge on any atom is 0.244 e. The van der Waals surface area contributed by atoms with Crippen LogP contribution in [0.4, 0.5) is 0 Å². The Morgan fingerprint density at radius 1 is 1.10 bits per heavy atom. The van der Waals surface area contributed by atoms with Crippen LogP contribution in [-0.4, -0.2) is 31.7 Å². The SMILES string of the molecule is C=CCNC(=O)CN(Cc1ccc(Cl)c(Cl)c1)S(=O)(=O)c1c(C)cc(C)cc1C. The molecule has 29 heavy (non-hydrogen) atoms. The smallest absolute Gasteiger partial charge is 0.244 e. The quantitative estimate of drug-likeness (QED) is 0.600. The van der Waals surface area contributed by atoms with Gasteiger partial charge in [0.15, 0.2) is 0 Å². The number of amides is 1. The first-order valence-electron chi connectivity index (χ1n) is 8.95. The van der Waals surface area contributed by atoms with Gasteiger partial charge in [0.05, 0.1) is 21.5 Å². The lowest BCUT2D eigenvalue weighted by Gasteiger charge is -2.24. The number of sulfonamides is 1. The zero-order valence-electron chi connectivity index (χ0n) is 16.6. The second kappa shape index (κ2) is 9.76. The second-order valence-corrected chi connectivity index (χ2v) is 9.53. The first-order chi connectivity index (χ1) is 13.6. The maximum atomic E-state index is 13.5. The normalized spacial score (nSPS) is 11.5. The predicted molar refractivity (Wildman–Crippen MR) is 118 cm³/mol. The lowest BCUT2D eigenvalue weighted by atomic mass is 10.1. The minimum absolute atomic E-state index is 0.0203. The summed E-state index contributed by atoms with van der Waals surface area (Å²) in [5.74, 6) is -0.420. The van der Waals surface area contributed by atoms with E-state index in [1.807, 2.05) is 19.1 Å². The lowest BCUT2D eigenvalue weighted by Crippen LogP contribution is -2.40. The molecule has 0 aromatic heterocycles. The third-order valence-corrected chi connectivity index (χ3v) is 7.15. The van der Waals surface area contributed by atoms with Gasteiger partial charge >= 0.3 is 0 Å². The molecule has 5 nitrogen and oxygen atoms in total. The van der Waals surface area contributed by atoms with Crippen LogP contribution in [0.25, 0.3) is 0 Å². The van der Waals surface area contributed by atoms with Gasteiger partial charge in [0.25, 0.3) is 0 Å². The van der Waals surface area contributed by atoms with Crippen LogP contribution in [0, 0.1) is 20.8 Å². The molecule has 2 aromatic rings. The van der Waals surface area contributed by atoms with Crippen molar-refractivity contribution in [1.82, 2.24) is 9.62 Å². The number of rotatable bonds is 8. The van der Waals surface area contributed by atoms with Crippen molar-refractivity contribution in [2.24, 2.45) is 0 Å². The highest BCUT2D eigenvalue weighted by atomic mass is 35.5. The molecule has 0 aliphatic rings. The number of halogens is 2. The van der Waals surface area contributed by atoms with E-state index in [2.05, 4.69) is 11.9 Å². The van der Waals surface area contributed by atoms with E-state index < -0.39 is 15.9 Å². The van der Waals surface area contributed by atoms with Crippen molar-refractivity contribution < 1.29 is 13.2 Å². The van der Waals surface area contributed by atoms with Gasteiger partial charge in [-0.2, -0.15) is 4.31 Å². The Kier molecular flexibility index (Phi) is 7.88. The number of benzene rings is 2. The van der Waals surface area contributed by atoms with E-state index in [0.717, 1.165) is 9.87 Å². The second-order valence-electron chi connectivity index (χ2n) is 6.84. The Bertz CT molecular complexity index is 1010. The summed E-state index contributed by atoms with van der Waals surface area (Å²) in [5.41, 5.74) is 2.86. The number of hydrogen-bond donors (Lipinski definition) is 1. The van der Waals surface area contributed by atoms with Gasteiger partial charge in [0.2, 0.25) is 15.9 Å². The minimum atomic E-state index is -3.95. The monoisotopic (exact) mass is 454 g/mol. The third kappa shape index (κ3) is 5.82. The predicted octanol–water partition coefficient (Wildman–Crippen LogP) is 4.41. The highest BCUT2D eigenvalue weighted by molar-refractivity contribution is 7.89. The van der Waals surface area contributed by atoms with Gasteiger partial charge in [-0.25, -0.2) is 8.42 Å². The van der Waals surface area contributed by atoms with Crippen molar-refractivity contribution in [1.29, 1.82) is 0 Å². The lowest BCUT2D eigenvalue weighted by molar-refractivity contribution is -0.121. The number of carbonyl (C=O) groups excluding carboxylic acids is 1. The van der Waals surface area contributed by atoms with Crippen molar-refractivity contribution in [3.63, 3.8) is 0 Å². The van der Waals surface area contributed by atoms with Crippen LogP contribution >= 0.6 is 23.2 Å². The summed E-state index contributed by atoms with van der Waals surface area (Å²) in [6.07, 6.45) is 1.53. The Balaban J connectivity index is 2.48. The minimum Gasteiger partial charge on any atom is -0.351 e. The average molecular weight is 455 g/mol. The van der Waals surface area contributed by atoms with E-state index in [4.69, 9.17) is 23.2 Å². The van der Waals surface area contributed by atoms with Crippen LogP contribution in [0.5, 0.6) is 0 Å². The number of nitrogens with zero attached hydrogens (tertiary/aromatic N) is 1. The molecule has 0 unspecified atom stereocenters. The van der Waals surface area contributed by atoms with Gasteiger partial charge < -0.3 is 5.32 Å². The molecule has 0 radical (unpaired) electrons. The molecule has 0 fully saturated rings. The molecule has 1 amide bonds. The molecule has 0 saturated heterocycles. The van der Waals surface area contributed by atoms with Gasteiger partial charge in [-0.3, -0.25) is 4.79 Å². The third-order valence-electron chi connectivity index (χ3n) is 4.31. The van der Waals surface area contributed by atoms with Crippen LogP contribution in [0.15, 0.2) is 47.9 Å². The molecule has 156 valence electrons. The van der Waals surface area contributed by atoms with Gasteiger partial charge in [-0.05, 0) is 49.6 Å². The molecule has 0 heterocycles. The maximum absolute atomic E-state index is 13.5. The molecule has 0 atom stereocenters. The van der Waals surface area contributed by atoms with E-state index in [-0.39, 0.29) is 24.5 Å². The molecule has 0 saturated carbocycles. The van der Waals surface area contributed by atoms with Gasteiger partial charge in [-0.1, -0.05) is 53.0 Å². The highest BCUT2D eigenvalue weighted by Gasteiger charge is 2.30. The Morgan fingerprint density at radius 2 is 1.72 bits per heavy atom. The van der Waals surface area contributed by atoms with Crippen LogP contribution in [0.2, 0.25) is 10.0 Å². The van der Waals surface area contributed by atoms with E-state index in [9.17, 15) is 13.2 Å². The number of nitrogens with one attached hydrogen (secondary N) is 1. The molecule has 0 bridgehead atoms. The summed E-state index contributed by atoms with van der Waals surface area (Å²) < 4.78 is 28.2. The number of hydrogen-bond acceptors (Lipinski definition) is 3. The highest BCUT2D eigenvalue weighted by Crippen LogP contribution is 2.28. The van der Waals surface area contributed by atoms with E-state index in [0.29, 0.717) is 26.7 Å². The van der Waals surface area contributed by atoms with Crippen molar-refractivity contribution in [3.8, 4) is 0 Å². The summed E-state index contributed by atoms with van der Waals surface area (Å²) in [7, 11) is -3.95. The van der Waals surface area contributed by atoms with E-state index in [1.54, 1.807) is 32.0 Å². The van der Waals surface area contributed by atoms with Crippen LogP contribution in [0.3, 0.4) is 0 Å². The Hall–Kier alpha value is -1.86. The molecule has 2 aromatic carbocycles. The van der Waals surface area contributed by atoms with Crippen molar-refractivity contribution in [2.75, 3.05) is 13.1 Å². The topological polar surface area (TPSA) is 66.5 Å². The van der Waals surface area contributed by atoms with Gasteiger partial charge in [-0.15, -0.1) is 6.58 Å². The van der Waals surface area contributed by atoms with E-state index in [1.165, 1.54) is 6.08 Å². The fourth-order valence-corrected chi connectivity index (χ4v) is 5.29. The largest absolute Gasteiger partial charge is 0.351 e. The Labute approximate surface area is 182 Å². The summed E-state index contributed by atoms with van der Waals surface area (Å²) in [6, 6.07) is 8.52. The van der Waals surface area contributed by atoms with Crippen LogP contribution in [-0.2, 0) is 21.4 Å². The van der Waals surface area contributed by atoms with Crippen molar-refractivity contribution >= 4 is 39.1 Å². The molecular formula is C21H24Cl2N2O3S. The Morgan fingerprint density at radius 3 is 2.28 bits per heavy atom. The zero-order valence-corrected chi connectivity index (χ0v) is 19.0. The molecular weight excluding hydrogens is 431 g/mol. The van der Waals surface area contributed by atoms with E-state index >= 15 is 0 Å². The fraction of sp³-hybridized carbons (Fsp3) is 0.286. The zero-order chi connectivity index (χ0) is 21.8. The summed E-state index contributed by atoms with van der Waals surface area (Å²) in [6.45, 7) is 8.87. The summed E-state index contributed by atoms with van der Waals surface area (Å²) in [4.78, 5) is 12.5. The standard InChI is InChI=1S/C21H24Cl2N2O3S/c1-5-8-24-20(26)13-25(12-17-6-7-18(22)19(23)11-17)29(27,28)21-15(3)9-14(2)10-16(21)4/h5-7,9-11H,1,8,12-13H2,2-4H3,(H,24,26). The summed E-state index contributed by atoms with van der Waals surface area (Å²) >= 11 is 12.0. The van der Waals surface area contributed by atoms with Crippen LogP contribution < -0.4 is 5.32 Å². The van der Waals surface area contributed by atoms with Crippen molar-refractivity contribution in [2.45, 2.75) is 32.2 Å². The molecule has 2 rings (SSSR count). The number of aryl methyl sites for hydroxylation is 3. The molecule has 0 aliphatic heterocycles. The van der Waals surface area contributed by atoms with Gasteiger partial charge in [0, 0.05) is 13.1 Å². The van der Waals surface area contributed by atoms with Crippen molar-refractivity contribution in [3.05, 3.63) is 75.3 Å². The first kappa shape index (κ1) is 23.4. The molecule has 8 heteroatoms. The van der Waals surface area contributed by atoms with Crippen LogP contribution in [0.1, 0.15) is 22.3 Å². The van der Waals surface area contributed by atoms with Gasteiger partial charge in [0.1, 0.15) is 0 Å². The molecule has 0 aliphatic carbocycles. The summed E-state index contributed by atoms with van der Waals surface area (Å²) in [5, 5.41) is 3.31. The average Bonchev–Trinajstić information content (AvgIpc) is 2.61. The fourth-order valence-electron chi connectivity index (χ4n) is 3.17. The molecule has 1 N–H and O–H groups in total. The first-order valence-corrected chi connectivity index (χ1v) is 11.2.